The summed E-state index contributed by atoms with van der Waals surface area (Å²) in [6.45, 7) is 6.26. The van der Waals surface area contributed by atoms with Gasteiger partial charge in [0.2, 0.25) is 0 Å². The minimum Gasteiger partial charge on any atom is -0.465 e. The Hall–Kier alpha value is -2.25. The summed E-state index contributed by atoms with van der Waals surface area (Å²) in [7, 11) is 1.37. The van der Waals surface area contributed by atoms with Crippen molar-refractivity contribution in [1.29, 1.82) is 0 Å². The minimum absolute atomic E-state index is 0.0474. The first kappa shape index (κ1) is 20.5. The zero-order valence-corrected chi connectivity index (χ0v) is 17.5. The third-order valence-electron chi connectivity index (χ3n) is 4.66. The van der Waals surface area contributed by atoms with Crippen LogP contribution in [0.3, 0.4) is 0 Å². The average molecular weight is 403 g/mol. The molecular formula is C21H26N2O4S. The van der Waals surface area contributed by atoms with E-state index >= 15 is 0 Å². The van der Waals surface area contributed by atoms with E-state index < -0.39 is 5.41 Å². The van der Waals surface area contributed by atoms with Crippen LogP contribution in [0.1, 0.15) is 62.1 Å². The van der Waals surface area contributed by atoms with Crippen molar-refractivity contribution in [2.45, 2.75) is 46.1 Å². The summed E-state index contributed by atoms with van der Waals surface area (Å²) in [5.41, 5.74) is 1.71. The Morgan fingerprint density at radius 2 is 2.04 bits per heavy atom. The Morgan fingerprint density at radius 3 is 2.75 bits per heavy atom. The smallest absolute Gasteiger partial charge is 0.337 e. The van der Waals surface area contributed by atoms with Crippen LogP contribution < -0.4 is 0 Å². The van der Waals surface area contributed by atoms with Gasteiger partial charge in [0.15, 0.2) is 0 Å². The van der Waals surface area contributed by atoms with Crippen LogP contribution in [0.25, 0.3) is 10.6 Å². The largest absolute Gasteiger partial charge is 0.465 e. The maximum Gasteiger partial charge on any atom is 0.337 e. The number of carbonyl (C=O) groups excluding carboxylic acids is 2. The number of carbonyl (C=O) groups is 2. The molecule has 1 atom stereocenters. The van der Waals surface area contributed by atoms with Crippen LogP contribution in [0, 0.1) is 5.41 Å². The van der Waals surface area contributed by atoms with E-state index in [1.54, 1.807) is 17.2 Å². The highest BCUT2D eigenvalue weighted by atomic mass is 32.1. The van der Waals surface area contributed by atoms with Gasteiger partial charge in [0.1, 0.15) is 5.01 Å². The first-order valence-corrected chi connectivity index (χ1v) is 10.3. The molecule has 0 amide bonds. The molecule has 1 fully saturated rings. The van der Waals surface area contributed by atoms with Crippen LogP contribution >= 0.6 is 11.3 Å². The van der Waals surface area contributed by atoms with E-state index in [0.717, 1.165) is 35.5 Å². The number of nitrogens with zero attached hydrogens (tertiary/aromatic N) is 2. The van der Waals surface area contributed by atoms with Crippen molar-refractivity contribution in [2.24, 2.45) is 5.41 Å². The predicted molar refractivity (Wildman–Crippen MR) is 108 cm³/mol. The minimum atomic E-state index is -0.552. The van der Waals surface area contributed by atoms with Crippen LogP contribution in [-0.2, 0) is 14.4 Å². The van der Waals surface area contributed by atoms with Crippen molar-refractivity contribution in [1.82, 2.24) is 10.0 Å². The molecule has 3 rings (SSSR count). The number of esters is 1. The van der Waals surface area contributed by atoms with E-state index in [1.165, 1.54) is 18.4 Å². The van der Waals surface area contributed by atoms with Gasteiger partial charge >= 0.3 is 11.9 Å². The average Bonchev–Trinajstić information content (AvgIpc) is 3.17. The third-order valence-corrected chi connectivity index (χ3v) is 5.57. The van der Waals surface area contributed by atoms with E-state index in [0.29, 0.717) is 12.1 Å². The van der Waals surface area contributed by atoms with Gasteiger partial charge in [-0.15, -0.1) is 16.4 Å². The fraction of sp³-hybridized carbons (Fsp3) is 0.476. The van der Waals surface area contributed by atoms with Gasteiger partial charge in [0, 0.05) is 17.5 Å². The number of hydrogen-bond donors (Lipinski definition) is 0. The quantitative estimate of drug-likeness (QED) is 0.695. The molecule has 0 saturated carbocycles. The summed E-state index contributed by atoms with van der Waals surface area (Å²) in [6.07, 6.45) is 2.95. The molecule has 2 heterocycles. The molecule has 7 heteroatoms. The number of hydrogen-bond acceptors (Lipinski definition) is 7. The molecule has 1 saturated heterocycles. The standard InChI is InChI=1S/C21H26N2O4S/c1-21(2,3)20(25)27-23-11-6-5-10-17(23)16-13-28-18(22-16)14-8-7-9-15(12-14)19(24)26-4/h7-9,12-13,17H,5-6,10-11H2,1-4H3/t17-/m1/s1. The highest BCUT2D eigenvalue weighted by Crippen LogP contribution is 2.35. The molecule has 0 radical (unpaired) electrons. The second-order valence-corrected chi connectivity index (χ2v) is 8.79. The molecule has 1 aromatic carbocycles. The number of hydroxylamine groups is 2. The molecule has 0 aliphatic carbocycles. The molecule has 1 aliphatic heterocycles. The van der Waals surface area contributed by atoms with E-state index in [-0.39, 0.29) is 18.0 Å². The Kier molecular flexibility index (Phi) is 6.15. The van der Waals surface area contributed by atoms with Gasteiger partial charge in [-0.2, -0.15) is 0 Å². The van der Waals surface area contributed by atoms with Crippen LogP contribution in [0.5, 0.6) is 0 Å². The monoisotopic (exact) mass is 402 g/mol. The number of benzene rings is 1. The molecule has 2 aromatic rings. The van der Waals surface area contributed by atoms with Gasteiger partial charge in [-0.1, -0.05) is 12.1 Å². The van der Waals surface area contributed by atoms with E-state index in [4.69, 9.17) is 14.6 Å². The lowest BCUT2D eigenvalue weighted by Gasteiger charge is -2.34. The Labute approximate surface area is 169 Å². The molecule has 6 nitrogen and oxygen atoms in total. The van der Waals surface area contributed by atoms with Crippen molar-refractivity contribution < 1.29 is 19.2 Å². The van der Waals surface area contributed by atoms with Crippen molar-refractivity contribution >= 4 is 23.3 Å². The summed E-state index contributed by atoms with van der Waals surface area (Å²) < 4.78 is 4.79. The highest BCUT2D eigenvalue weighted by molar-refractivity contribution is 7.13. The van der Waals surface area contributed by atoms with Gasteiger partial charge in [-0.05, 0) is 52.2 Å². The fourth-order valence-corrected chi connectivity index (χ4v) is 3.89. The van der Waals surface area contributed by atoms with Gasteiger partial charge in [0.05, 0.1) is 29.8 Å². The number of piperidine rings is 1. The molecule has 0 unspecified atom stereocenters. The Morgan fingerprint density at radius 1 is 1.25 bits per heavy atom. The van der Waals surface area contributed by atoms with Gasteiger partial charge < -0.3 is 9.57 Å². The van der Waals surface area contributed by atoms with Gasteiger partial charge in [-0.3, -0.25) is 0 Å². The maximum absolute atomic E-state index is 12.3. The SMILES string of the molecule is COC(=O)c1cccc(-c2nc([C@H]3CCCCN3OC(=O)C(C)(C)C)cs2)c1. The van der Waals surface area contributed by atoms with Crippen molar-refractivity contribution in [2.75, 3.05) is 13.7 Å². The van der Waals surface area contributed by atoms with Crippen molar-refractivity contribution in [3.05, 3.63) is 40.9 Å². The normalized spacial score (nSPS) is 17.9. The lowest BCUT2D eigenvalue weighted by molar-refractivity contribution is -0.218. The van der Waals surface area contributed by atoms with E-state index in [1.807, 2.05) is 38.3 Å². The zero-order chi connectivity index (χ0) is 20.3. The lowest BCUT2D eigenvalue weighted by atomic mass is 9.97. The van der Waals surface area contributed by atoms with E-state index in [2.05, 4.69) is 0 Å². The number of rotatable bonds is 4. The third kappa shape index (κ3) is 4.59. The first-order valence-electron chi connectivity index (χ1n) is 9.43. The van der Waals surface area contributed by atoms with Gasteiger partial charge in [-0.25, -0.2) is 14.6 Å². The Bertz CT molecular complexity index is 856. The van der Waals surface area contributed by atoms with Crippen LogP contribution in [0.4, 0.5) is 0 Å². The second-order valence-electron chi connectivity index (χ2n) is 7.93. The number of aromatic nitrogens is 1. The lowest BCUT2D eigenvalue weighted by Crippen LogP contribution is -2.39. The van der Waals surface area contributed by atoms with Crippen LogP contribution in [0.15, 0.2) is 29.6 Å². The molecule has 0 spiro atoms. The summed E-state index contributed by atoms with van der Waals surface area (Å²) in [5, 5.41) is 4.61. The summed E-state index contributed by atoms with van der Waals surface area (Å²) in [5.74, 6) is -0.605. The summed E-state index contributed by atoms with van der Waals surface area (Å²) >= 11 is 1.52. The molecular weight excluding hydrogens is 376 g/mol. The molecule has 150 valence electrons. The van der Waals surface area contributed by atoms with Crippen molar-refractivity contribution in [3.63, 3.8) is 0 Å². The molecule has 1 aromatic heterocycles. The fourth-order valence-electron chi connectivity index (χ4n) is 3.02. The Balaban J connectivity index is 1.81. The molecule has 0 bridgehead atoms. The van der Waals surface area contributed by atoms with Crippen molar-refractivity contribution in [3.8, 4) is 10.6 Å². The summed E-state index contributed by atoms with van der Waals surface area (Å²) in [6, 6.07) is 7.20. The number of methoxy groups -OCH3 is 1. The topological polar surface area (TPSA) is 68.7 Å². The van der Waals surface area contributed by atoms with Crippen LogP contribution in [0.2, 0.25) is 0 Å². The molecule has 28 heavy (non-hydrogen) atoms. The van der Waals surface area contributed by atoms with Gasteiger partial charge in [0.25, 0.3) is 0 Å². The number of ether oxygens (including phenoxy) is 1. The highest BCUT2D eigenvalue weighted by Gasteiger charge is 2.33. The van der Waals surface area contributed by atoms with Crippen LogP contribution in [-0.4, -0.2) is 35.6 Å². The first-order chi connectivity index (χ1) is 13.3. The maximum atomic E-state index is 12.3. The summed E-state index contributed by atoms with van der Waals surface area (Å²) in [4.78, 5) is 34.6. The second kappa shape index (κ2) is 8.41. The van der Waals surface area contributed by atoms with E-state index in [9.17, 15) is 9.59 Å². The molecule has 0 N–H and O–H groups in total. The number of thiazole rings is 1. The zero-order valence-electron chi connectivity index (χ0n) is 16.7. The molecule has 1 aliphatic rings. The predicted octanol–water partition coefficient (Wildman–Crippen LogP) is 4.63.